The molecule has 1 rings (SSSR count). The van der Waals surface area contributed by atoms with Crippen molar-refractivity contribution in [3.8, 4) is 0 Å². The molecular formula is C6H8ClNO2. The third-order valence-electron chi connectivity index (χ3n) is 1.46. The van der Waals surface area contributed by atoms with Crippen LogP contribution >= 0.6 is 11.6 Å². The summed E-state index contributed by atoms with van der Waals surface area (Å²) in [4.78, 5) is 22.9. The van der Waals surface area contributed by atoms with Crippen LogP contribution < -0.4 is 0 Å². The molecule has 1 fully saturated rings. The Morgan fingerprint density at radius 1 is 1.30 bits per heavy atom. The first-order chi connectivity index (χ1) is 4.75. The highest BCUT2D eigenvalue weighted by molar-refractivity contribution is 6.18. The van der Waals surface area contributed by atoms with E-state index in [1.807, 2.05) is 0 Å². The lowest BCUT2D eigenvalue weighted by molar-refractivity contribution is -0.137. The van der Waals surface area contributed by atoms with Crippen LogP contribution in [0.5, 0.6) is 0 Å². The van der Waals surface area contributed by atoms with Crippen molar-refractivity contribution in [2.45, 2.75) is 12.8 Å². The van der Waals surface area contributed by atoms with E-state index in [2.05, 4.69) is 0 Å². The van der Waals surface area contributed by atoms with Gasteiger partial charge in [-0.05, 0) is 0 Å². The van der Waals surface area contributed by atoms with Crippen molar-refractivity contribution in [1.82, 2.24) is 4.90 Å². The fraction of sp³-hybridized carbons (Fsp3) is 0.667. The van der Waals surface area contributed by atoms with Gasteiger partial charge in [0.2, 0.25) is 11.8 Å². The van der Waals surface area contributed by atoms with E-state index in [1.165, 1.54) is 4.90 Å². The number of carbonyl (C=O) groups excluding carboxylic acids is 2. The molecule has 2 amide bonds. The third-order valence-corrected chi connectivity index (χ3v) is 1.63. The predicted octanol–water partition coefficient (Wildman–Crippen LogP) is 0.374. The molecule has 56 valence electrons. The largest absolute Gasteiger partial charge is 0.281 e. The SMILES string of the molecule is O=C1CCC(=O)N1CCCl. The number of rotatable bonds is 2. The second kappa shape index (κ2) is 3.01. The van der Waals surface area contributed by atoms with Gasteiger partial charge in [-0.1, -0.05) is 0 Å². The first kappa shape index (κ1) is 7.54. The zero-order valence-electron chi connectivity index (χ0n) is 5.47. The summed E-state index contributed by atoms with van der Waals surface area (Å²) in [6, 6.07) is 0. The van der Waals surface area contributed by atoms with E-state index in [9.17, 15) is 9.59 Å². The molecule has 0 saturated carbocycles. The number of likely N-dealkylation sites (tertiary alicyclic amines) is 1. The van der Waals surface area contributed by atoms with Gasteiger partial charge in [-0.3, -0.25) is 14.5 Å². The van der Waals surface area contributed by atoms with Crippen LogP contribution in [0.4, 0.5) is 0 Å². The molecule has 4 heteroatoms. The molecule has 0 aromatic heterocycles. The lowest BCUT2D eigenvalue weighted by atomic mass is 10.4. The molecule has 1 aliphatic rings. The first-order valence-corrected chi connectivity index (χ1v) is 3.68. The second-order valence-corrected chi connectivity index (χ2v) is 2.51. The van der Waals surface area contributed by atoms with E-state index in [-0.39, 0.29) is 11.8 Å². The normalized spacial score (nSPS) is 18.7. The maximum atomic E-state index is 10.8. The van der Waals surface area contributed by atoms with E-state index in [1.54, 1.807) is 0 Å². The second-order valence-electron chi connectivity index (χ2n) is 2.13. The highest BCUT2D eigenvalue weighted by Gasteiger charge is 2.27. The van der Waals surface area contributed by atoms with Gasteiger partial charge >= 0.3 is 0 Å². The van der Waals surface area contributed by atoms with Crippen LogP contribution in [-0.4, -0.2) is 29.1 Å². The number of imide groups is 1. The molecule has 0 bridgehead atoms. The lowest BCUT2D eigenvalue weighted by Crippen LogP contribution is -2.30. The maximum absolute atomic E-state index is 10.8. The van der Waals surface area contributed by atoms with Gasteiger partial charge in [-0.2, -0.15) is 0 Å². The minimum atomic E-state index is -0.0920. The Labute approximate surface area is 63.9 Å². The fourth-order valence-corrected chi connectivity index (χ4v) is 1.13. The third kappa shape index (κ3) is 1.29. The summed E-state index contributed by atoms with van der Waals surface area (Å²) >= 11 is 5.37. The molecule has 10 heavy (non-hydrogen) atoms. The van der Waals surface area contributed by atoms with Gasteiger partial charge in [0, 0.05) is 25.3 Å². The summed E-state index contributed by atoms with van der Waals surface area (Å²) < 4.78 is 0. The zero-order chi connectivity index (χ0) is 7.56. The number of hydrogen-bond donors (Lipinski definition) is 0. The van der Waals surface area contributed by atoms with Crippen molar-refractivity contribution >= 4 is 23.4 Å². The standard InChI is InChI=1S/C6H8ClNO2/c7-3-4-8-5(9)1-2-6(8)10/h1-4H2. The Kier molecular flexibility index (Phi) is 2.27. The molecule has 3 nitrogen and oxygen atoms in total. The summed E-state index contributed by atoms with van der Waals surface area (Å²) in [5.41, 5.74) is 0. The smallest absolute Gasteiger partial charge is 0.229 e. The molecule has 0 radical (unpaired) electrons. The van der Waals surface area contributed by atoms with Gasteiger partial charge in [-0.25, -0.2) is 0 Å². The average molecular weight is 162 g/mol. The molecule has 0 aliphatic carbocycles. The van der Waals surface area contributed by atoms with Crippen molar-refractivity contribution in [1.29, 1.82) is 0 Å². The van der Waals surface area contributed by atoms with E-state index >= 15 is 0 Å². The molecule has 1 saturated heterocycles. The topological polar surface area (TPSA) is 37.4 Å². The van der Waals surface area contributed by atoms with Gasteiger partial charge in [-0.15, -0.1) is 11.6 Å². The Bertz CT molecular complexity index is 153. The molecule has 0 atom stereocenters. The Balaban J connectivity index is 2.54. The predicted molar refractivity (Wildman–Crippen MR) is 36.7 cm³/mol. The van der Waals surface area contributed by atoms with Crippen molar-refractivity contribution in [2.24, 2.45) is 0 Å². The van der Waals surface area contributed by atoms with E-state index in [0.29, 0.717) is 25.3 Å². The molecule has 0 N–H and O–H groups in total. The van der Waals surface area contributed by atoms with Gasteiger partial charge in [0.15, 0.2) is 0 Å². The zero-order valence-corrected chi connectivity index (χ0v) is 6.23. The Morgan fingerprint density at radius 2 is 1.80 bits per heavy atom. The van der Waals surface area contributed by atoms with Crippen LogP contribution in [-0.2, 0) is 9.59 Å². The molecule has 0 aromatic carbocycles. The summed E-state index contributed by atoms with van der Waals surface area (Å²) in [6.45, 7) is 0.360. The van der Waals surface area contributed by atoms with Crippen LogP contribution in [0.25, 0.3) is 0 Å². The number of hydrogen-bond acceptors (Lipinski definition) is 2. The van der Waals surface area contributed by atoms with Crippen molar-refractivity contribution in [3.05, 3.63) is 0 Å². The molecular weight excluding hydrogens is 154 g/mol. The molecule has 1 heterocycles. The lowest BCUT2D eigenvalue weighted by Gasteiger charge is -2.09. The van der Waals surface area contributed by atoms with Crippen molar-refractivity contribution < 1.29 is 9.59 Å². The Morgan fingerprint density at radius 3 is 2.20 bits per heavy atom. The molecule has 0 unspecified atom stereocenters. The van der Waals surface area contributed by atoms with Crippen LogP contribution in [0.2, 0.25) is 0 Å². The fourth-order valence-electron chi connectivity index (χ4n) is 0.957. The van der Waals surface area contributed by atoms with Crippen LogP contribution in [0, 0.1) is 0 Å². The first-order valence-electron chi connectivity index (χ1n) is 3.15. The summed E-state index contributed by atoms with van der Waals surface area (Å²) in [6.07, 6.45) is 0.714. The monoisotopic (exact) mass is 161 g/mol. The van der Waals surface area contributed by atoms with Crippen LogP contribution in [0.3, 0.4) is 0 Å². The Hall–Kier alpha value is -0.570. The van der Waals surface area contributed by atoms with E-state index < -0.39 is 0 Å². The van der Waals surface area contributed by atoms with E-state index in [0.717, 1.165) is 0 Å². The quantitative estimate of drug-likeness (QED) is 0.434. The number of alkyl halides is 1. The highest BCUT2D eigenvalue weighted by Crippen LogP contribution is 2.10. The van der Waals surface area contributed by atoms with E-state index in [4.69, 9.17) is 11.6 Å². The summed E-state index contributed by atoms with van der Waals surface area (Å²) in [7, 11) is 0. The molecule has 0 spiro atoms. The van der Waals surface area contributed by atoms with Gasteiger partial charge in [0.1, 0.15) is 0 Å². The van der Waals surface area contributed by atoms with Gasteiger partial charge in [0.25, 0.3) is 0 Å². The summed E-state index contributed by atoms with van der Waals surface area (Å²) in [5.74, 6) is 0.147. The summed E-state index contributed by atoms with van der Waals surface area (Å²) in [5, 5.41) is 0. The van der Waals surface area contributed by atoms with Gasteiger partial charge in [0.05, 0.1) is 0 Å². The number of carbonyl (C=O) groups is 2. The number of nitrogens with zero attached hydrogens (tertiary/aromatic N) is 1. The number of halogens is 1. The molecule has 0 aromatic rings. The molecule has 1 aliphatic heterocycles. The van der Waals surface area contributed by atoms with Crippen LogP contribution in [0.15, 0.2) is 0 Å². The van der Waals surface area contributed by atoms with Crippen molar-refractivity contribution in [2.75, 3.05) is 12.4 Å². The number of amides is 2. The average Bonchev–Trinajstić information content (AvgIpc) is 2.20. The van der Waals surface area contributed by atoms with Gasteiger partial charge < -0.3 is 0 Å². The minimum absolute atomic E-state index is 0.0920. The maximum Gasteiger partial charge on any atom is 0.229 e. The highest BCUT2D eigenvalue weighted by atomic mass is 35.5. The van der Waals surface area contributed by atoms with Crippen molar-refractivity contribution in [3.63, 3.8) is 0 Å². The van der Waals surface area contributed by atoms with Crippen LogP contribution in [0.1, 0.15) is 12.8 Å². The minimum Gasteiger partial charge on any atom is -0.281 e.